The molecule has 1 fully saturated rings. The van der Waals surface area contributed by atoms with Crippen LogP contribution in [0.1, 0.15) is 69.8 Å². The second-order valence-corrected chi connectivity index (χ2v) is 7.61. The number of carboxylic acid groups (broad SMARTS) is 1. The Bertz CT molecular complexity index is 659. The van der Waals surface area contributed by atoms with Crippen LogP contribution in [0.3, 0.4) is 0 Å². The van der Waals surface area contributed by atoms with Crippen molar-refractivity contribution in [1.29, 1.82) is 0 Å². The molecule has 1 aromatic carbocycles. The summed E-state index contributed by atoms with van der Waals surface area (Å²) in [5.41, 5.74) is 3.49. The normalized spacial score (nSPS) is 18.8. The average Bonchev–Trinajstić information content (AvgIpc) is 3.05. The first-order chi connectivity index (χ1) is 12.6. The second-order valence-electron chi connectivity index (χ2n) is 7.61. The summed E-state index contributed by atoms with van der Waals surface area (Å²) in [5.74, 6) is -0.0231. The van der Waals surface area contributed by atoms with Gasteiger partial charge in [0.1, 0.15) is 18.2 Å². The van der Waals surface area contributed by atoms with Gasteiger partial charge in [-0.1, -0.05) is 30.9 Å². The molecule has 0 saturated heterocycles. The predicted octanol–water partition coefficient (Wildman–Crippen LogP) is 5.67. The molecule has 142 valence electrons. The van der Waals surface area contributed by atoms with Gasteiger partial charge in [-0.3, -0.25) is 4.79 Å². The molecule has 0 unspecified atom stereocenters. The van der Waals surface area contributed by atoms with E-state index in [1.807, 2.05) is 0 Å². The number of allylic oxidation sites excluding steroid dienone is 1. The molecule has 0 spiro atoms. The van der Waals surface area contributed by atoms with Crippen LogP contribution in [0, 0.1) is 11.7 Å². The summed E-state index contributed by atoms with van der Waals surface area (Å²) in [6.07, 6.45) is 11.5. The van der Waals surface area contributed by atoms with Crippen molar-refractivity contribution in [1.82, 2.24) is 0 Å². The smallest absolute Gasteiger partial charge is 0.303 e. The zero-order valence-electron chi connectivity index (χ0n) is 15.4. The van der Waals surface area contributed by atoms with E-state index in [-0.39, 0.29) is 18.7 Å². The lowest BCUT2D eigenvalue weighted by Crippen LogP contribution is -2.09. The Kier molecular flexibility index (Phi) is 6.70. The molecule has 0 aromatic heterocycles. The molecule has 3 nitrogen and oxygen atoms in total. The van der Waals surface area contributed by atoms with Crippen LogP contribution in [0.4, 0.5) is 4.39 Å². The van der Waals surface area contributed by atoms with E-state index in [1.54, 1.807) is 17.7 Å². The maximum Gasteiger partial charge on any atom is 0.303 e. The third kappa shape index (κ3) is 5.09. The van der Waals surface area contributed by atoms with Crippen molar-refractivity contribution in [3.05, 3.63) is 40.7 Å². The lowest BCUT2D eigenvalue weighted by molar-refractivity contribution is -0.136. The van der Waals surface area contributed by atoms with Gasteiger partial charge < -0.3 is 9.84 Å². The Morgan fingerprint density at radius 1 is 1.12 bits per heavy atom. The maximum absolute atomic E-state index is 14.2. The van der Waals surface area contributed by atoms with Gasteiger partial charge in [-0.25, -0.2) is 4.39 Å². The van der Waals surface area contributed by atoms with Crippen molar-refractivity contribution in [3.8, 4) is 5.75 Å². The quantitative estimate of drug-likeness (QED) is 0.637. The van der Waals surface area contributed by atoms with E-state index in [4.69, 9.17) is 9.84 Å². The van der Waals surface area contributed by atoms with Gasteiger partial charge in [-0.15, -0.1) is 0 Å². The summed E-state index contributed by atoms with van der Waals surface area (Å²) < 4.78 is 20.1. The number of hydrogen-bond donors (Lipinski definition) is 1. The number of rotatable bonds is 7. The van der Waals surface area contributed by atoms with Gasteiger partial charge in [0, 0.05) is 12.5 Å². The number of carbonyl (C=O) groups is 1. The van der Waals surface area contributed by atoms with Gasteiger partial charge in [0.05, 0.1) is 0 Å². The van der Waals surface area contributed by atoms with Crippen LogP contribution in [-0.2, 0) is 11.2 Å². The van der Waals surface area contributed by atoms with Gasteiger partial charge in [0.2, 0.25) is 0 Å². The van der Waals surface area contributed by atoms with Crippen molar-refractivity contribution in [2.24, 2.45) is 5.92 Å². The molecule has 0 amide bonds. The van der Waals surface area contributed by atoms with E-state index in [9.17, 15) is 9.18 Å². The van der Waals surface area contributed by atoms with E-state index < -0.39 is 5.97 Å². The molecule has 26 heavy (non-hydrogen) atoms. The minimum Gasteiger partial charge on any atom is -0.489 e. The number of carboxylic acids is 1. The maximum atomic E-state index is 14.2. The van der Waals surface area contributed by atoms with Crippen molar-refractivity contribution >= 4 is 5.97 Å². The molecule has 1 aromatic rings. The number of aliphatic carboxylic acids is 1. The lowest BCUT2D eigenvalue weighted by Gasteiger charge is -2.19. The summed E-state index contributed by atoms with van der Waals surface area (Å²) in [5, 5.41) is 8.73. The number of halogens is 1. The Balaban J connectivity index is 1.66. The van der Waals surface area contributed by atoms with Crippen molar-refractivity contribution in [2.75, 3.05) is 6.61 Å². The first-order valence-electron chi connectivity index (χ1n) is 9.97. The molecule has 2 aliphatic carbocycles. The number of aryl methyl sites for hydroxylation is 1. The predicted molar refractivity (Wildman–Crippen MR) is 99.9 cm³/mol. The fourth-order valence-corrected chi connectivity index (χ4v) is 4.33. The van der Waals surface area contributed by atoms with Crippen molar-refractivity contribution < 1.29 is 19.0 Å². The van der Waals surface area contributed by atoms with Crippen LogP contribution in [-0.4, -0.2) is 17.7 Å². The van der Waals surface area contributed by atoms with Gasteiger partial charge >= 0.3 is 5.97 Å². The molecular weight excluding hydrogens is 331 g/mol. The molecule has 0 atom stereocenters. The molecule has 4 heteroatoms. The summed E-state index contributed by atoms with van der Waals surface area (Å²) in [7, 11) is 0. The zero-order chi connectivity index (χ0) is 18.4. The van der Waals surface area contributed by atoms with Gasteiger partial charge in [0.15, 0.2) is 0 Å². The van der Waals surface area contributed by atoms with Crippen LogP contribution >= 0.6 is 0 Å². The average molecular weight is 360 g/mol. The molecule has 0 bridgehead atoms. The highest BCUT2D eigenvalue weighted by molar-refractivity contribution is 5.67. The Labute approximate surface area is 155 Å². The van der Waals surface area contributed by atoms with Gasteiger partial charge in [-0.2, -0.15) is 0 Å². The first kappa shape index (κ1) is 18.9. The third-order valence-corrected chi connectivity index (χ3v) is 5.77. The molecule has 2 aliphatic rings. The fraction of sp³-hybridized carbons (Fsp3) is 0.591. The highest BCUT2D eigenvalue weighted by Gasteiger charge is 2.23. The van der Waals surface area contributed by atoms with Gasteiger partial charge in [0.25, 0.3) is 0 Å². The standard InChI is InChI=1S/C22H29FO3/c23-21-14-19(12-10-17(21)11-13-22(24)25)26-15-18-8-2-1-3-9-20(18)16-6-4-5-7-16/h10,12,14,16H,1-9,11,13,15H2,(H,24,25). The highest BCUT2D eigenvalue weighted by atomic mass is 19.1. The van der Waals surface area contributed by atoms with E-state index in [2.05, 4.69) is 0 Å². The highest BCUT2D eigenvalue weighted by Crippen LogP contribution is 2.38. The molecule has 1 N–H and O–H groups in total. The van der Waals surface area contributed by atoms with Crippen molar-refractivity contribution in [3.63, 3.8) is 0 Å². The van der Waals surface area contributed by atoms with Crippen molar-refractivity contribution in [2.45, 2.75) is 70.6 Å². The summed E-state index contributed by atoms with van der Waals surface area (Å²) in [4.78, 5) is 10.6. The van der Waals surface area contributed by atoms with Crippen LogP contribution in [0.25, 0.3) is 0 Å². The number of ether oxygens (including phenoxy) is 1. The minimum absolute atomic E-state index is 0.0608. The molecule has 0 radical (unpaired) electrons. The van der Waals surface area contributed by atoms with E-state index in [0.717, 1.165) is 12.3 Å². The molecular formula is C22H29FO3. The minimum atomic E-state index is -0.913. The SMILES string of the molecule is O=C(O)CCc1ccc(OCC2=C(C3CCCC3)CCCCC2)cc1F. The van der Waals surface area contributed by atoms with E-state index in [0.29, 0.717) is 17.9 Å². The topological polar surface area (TPSA) is 46.5 Å². The molecule has 0 heterocycles. The van der Waals surface area contributed by atoms with Crippen LogP contribution in [0.2, 0.25) is 0 Å². The fourth-order valence-electron chi connectivity index (χ4n) is 4.33. The lowest BCUT2D eigenvalue weighted by atomic mass is 9.90. The van der Waals surface area contributed by atoms with E-state index in [1.165, 1.54) is 63.0 Å². The monoisotopic (exact) mass is 360 g/mol. The third-order valence-electron chi connectivity index (χ3n) is 5.77. The molecule has 3 rings (SSSR count). The Morgan fingerprint density at radius 3 is 2.62 bits per heavy atom. The van der Waals surface area contributed by atoms with Gasteiger partial charge in [-0.05, 0) is 68.1 Å². The van der Waals surface area contributed by atoms with E-state index >= 15 is 0 Å². The summed E-state index contributed by atoms with van der Waals surface area (Å²) >= 11 is 0. The Hall–Kier alpha value is -1.84. The second kappa shape index (κ2) is 9.20. The number of benzene rings is 1. The van der Waals surface area contributed by atoms with Crippen LogP contribution in [0.5, 0.6) is 5.75 Å². The number of hydrogen-bond acceptors (Lipinski definition) is 2. The Morgan fingerprint density at radius 2 is 1.88 bits per heavy atom. The first-order valence-corrected chi connectivity index (χ1v) is 9.97. The summed E-state index contributed by atoms with van der Waals surface area (Å²) in [6, 6.07) is 4.80. The van der Waals surface area contributed by atoms with Crippen LogP contribution < -0.4 is 4.74 Å². The summed E-state index contributed by atoms with van der Waals surface area (Å²) in [6.45, 7) is 0.555. The molecule has 1 saturated carbocycles. The largest absolute Gasteiger partial charge is 0.489 e. The zero-order valence-corrected chi connectivity index (χ0v) is 15.4. The molecule has 0 aliphatic heterocycles. The van der Waals surface area contributed by atoms with Crippen LogP contribution in [0.15, 0.2) is 29.3 Å².